The number of H-pyrrole nitrogens is 1. The Morgan fingerprint density at radius 2 is 2.11 bits per heavy atom. The fourth-order valence-electron chi connectivity index (χ4n) is 2.01. The van der Waals surface area contributed by atoms with Crippen molar-refractivity contribution in [1.29, 1.82) is 0 Å². The molecule has 1 unspecified atom stereocenters. The summed E-state index contributed by atoms with van der Waals surface area (Å²) in [5.41, 5.74) is 2.27. The van der Waals surface area contributed by atoms with Crippen LogP contribution in [0.2, 0.25) is 10.0 Å². The van der Waals surface area contributed by atoms with Crippen molar-refractivity contribution in [3.8, 4) is 0 Å². The predicted octanol–water partition coefficient (Wildman–Crippen LogP) is 4.21. The lowest BCUT2D eigenvalue weighted by atomic mass is 10.0. The van der Waals surface area contributed by atoms with Gasteiger partial charge in [0.25, 0.3) is 0 Å². The summed E-state index contributed by atoms with van der Waals surface area (Å²) in [6.07, 6.45) is 2.77. The highest BCUT2D eigenvalue weighted by molar-refractivity contribution is 6.35. The Hall–Kier alpha value is -0.960. The fraction of sp³-hybridized carbons (Fsp3) is 0.286. The summed E-state index contributed by atoms with van der Waals surface area (Å²) in [7, 11) is 0. The van der Waals surface area contributed by atoms with Gasteiger partial charge in [0.1, 0.15) is 0 Å². The molecule has 2 aromatic rings. The van der Waals surface area contributed by atoms with E-state index in [1.165, 1.54) is 5.69 Å². The van der Waals surface area contributed by atoms with Crippen LogP contribution in [-0.4, -0.2) is 11.5 Å². The Morgan fingerprint density at radius 3 is 2.72 bits per heavy atom. The number of hydrogen-bond acceptors (Lipinski definition) is 1. The molecule has 2 rings (SSSR count). The molecule has 0 aliphatic heterocycles. The second kappa shape index (κ2) is 6.28. The molecule has 0 saturated carbocycles. The molecule has 96 valence electrons. The molecule has 1 aromatic heterocycles. The van der Waals surface area contributed by atoms with Crippen LogP contribution in [0.3, 0.4) is 0 Å². The van der Waals surface area contributed by atoms with E-state index in [0.29, 0.717) is 5.02 Å². The minimum atomic E-state index is 0.240. The van der Waals surface area contributed by atoms with E-state index in [1.807, 2.05) is 24.4 Å². The first kappa shape index (κ1) is 13.5. The summed E-state index contributed by atoms with van der Waals surface area (Å²) in [5, 5.41) is 4.84. The number of aromatic amines is 1. The van der Waals surface area contributed by atoms with Gasteiger partial charge in [-0.1, -0.05) is 36.2 Å². The zero-order chi connectivity index (χ0) is 13.0. The molecule has 4 heteroatoms. The van der Waals surface area contributed by atoms with Gasteiger partial charge >= 0.3 is 0 Å². The van der Waals surface area contributed by atoms with Gasteiger partial charge in [-0.05, 0) is 42.8 Å². The number of halogens is 2. The van der Waals surface area contributed by atoms with Crippen LogP contribution in [-0.2, 0) is 6.42 Å². The molecule has 0 aliphatic rings. The molecule has 1 aromatic carbocycles. The minimum absolute atomic E-state index is 0.240. The van der Waals surface area contributed by atoms with E-state index >= 15 is 0 Å². The molecule has 2 nitrogen and oxygen atoms in total. The maximum atomic E-state index is 6.21. The van der Waals surface area contributed by atoms with Crippen LogP contribution in [0.25, 0.3) is 0 Å². The lowest BCUT2D eigenvalue weighted by molar-refractivity contribution is 0.539. The summed E-state index contributed by atoms with van der Waals surface area (Å²) in [4.78, 5) is 3.24. The van der Waals surface area contributed by atoms with Gasteiger partial charge in [-0.25, -0.2) is 0 Å². The molecular formula is C14H16Cl2N2. The zero-order valence-electron chi connectivity index (χ0n) is 10.2. The van der Waals surface area contributed by atoms with Crippen LogP contribution in [0, 0.1) is 0 Å². The molecule has 0 saturated heterocycles. The molecule has 1 atom stereocenters. The third kappa shape index (κ3) is 3.29. The van der Waals surface area contributed by atoms with Gasteiger partial charge in [0, 0.05) is 21.9 Å². The van der Waals surface area contributed by atoms with Gasteiger partial charge in [0.15, 0.2) is 0 Å². The normalized spacial score (nSPS) is 12.6. The Balaban J connectivity index is 2.18. The predicted molar refractivity (Wildman–Crippen MR) is 77.4 cm³/mol. The van der Waals surface area contributed by atoms with Gasteiger partial charge < -0.3 is 10.3 Å². The quantitative estimate of drug-likeness (QED) is 0.845. The monoisotopic (exact) mass is 282 g/mol. The summed E-state index contributed by atoms with van der Waals surface area (Å²) in [6.45, 7) is 3.01. The molecule has 18 heavy (non-hydrogen) atoms. The van der Waals surface area contributed by atoms with E-state index in [2.05, 4.69) is 23.3 Å². The van der Waals surface area contributed by atoms with Gasteiger partial charge in [-0.2, -0.15) is 0 Å². The van der Waals surface area contributed by atoms with Crippen LogP contribution in [0.1, 0.15) is 24.2 Å². The molecule has 1 heterocycles. The van der Waals surface area contributed by atoms with E-state index < -0.39 is 0 Å². The third-order valence-electron chi connectivity index (χ3n) is 2.89. The largest absolute Gasteiger partial charge is 0.364 e. The summed E-state index contributed by atoms with van der Waals surface area (Å²) >= 11 is 12.1. The van der Waals surface area contributed by atoms with E-state index in [-0.39, 0.29) is 6.04 Å². The average Bonchev–Trinajstić information content (AvgIpc) is 2.85. The highest BCUT2D eigenvalue weighted by Gasteiger charge is 2.13. The third-order valence-corrected chi connectivity index (χ3v) is 3.47. The Labute approximate surface area is 117 Å². The standard InChI is InChI=1S/C14H16Cl2N2/c1-2-17-14(13-4-3-7-18-13)8-10-5-6-11(15)9-12(10)16/h3-7,9,14,17-18H,2,8H2,1H3. The second-order valence-corrected chi connectivity index (χ2v) is 5.02. The maximum Gasteiger partial charge on any atom is 0.0514 e. The molecule has 0 radical (unpaired) electrons. The van der Waals surface area contributed by atoms with Gasteiger partial charge in [0.05, 0.1) is 6.04 Å². The second-order valence-electron chi connectivity index (χ2n) is 4.18. The zero-order valence-corrected chi connectivity index (χ0v) is 11.7. The SMILES string of the molecule is CCNC(Cc1ccc(Cl)cc1Cl)c1ccc[nH]1. The van der Waals surface area contributed by atoms with Crippen LogP contribution < -0.4 is 5.32 Å². The fourth-order valence-corrected chi connectivity index (χ4v) is 2.49. The van der Waals surface area contributed by atoms with Crippen molar-refractivity contribution in [2.24, 2.45) is 0 Å². The van der Waals surface area contributed by atoms with Crippen molar-refractivity contribution in [1.82, 2.24) is 10.3 Å². The Bertz CT molecular complexity index is 495. The number of hydrogen-bond donors (Lipinski definition) is 2. The van der Waals surface area contributed by atoms with Crippen molar-refractivity contribution < 1.29 is 0 Å². The summed E-state index contributed by atoms with van der Waals surface area (Å²) in [5.74, 6) is 0. The Morgan fingerprint density at radius 1 is 1.28 bits per heavy atom. The molecular weight excluding hydrogens is 267 g/mol. The lowest BCUT2D eigenvalue weighted by Crippen LogP contribution is -2.23. The number of nitrogens with one attached hydrogen (secondary N) is 2. The average molecular weight is 283 g/mol. The summed E-state index contributed by atoms with van der Waals surface area (Å²) < 4.78 is 0. The molecule has 0 fully saturated rings. The van der Waals surface area contributed by atoms with Gasteiger partial charge in [-0.3, -0.25) is 0 Å². The number of aromatic nitrogens is 1. The first-order chi connectivity index (χ1) is 8.70. The van der Waals surface area contributed by atoms with Crippen LogP contribution >= 0.6 is 23.2 Å². The maximum absolute atomic E-state index is 6.21. The smallest absolute Gasteiger partial charge is 0.0514 e. The first-order valence-electron chi connectivity index (χ1n) is 6.01. The number of benzene rings is 1. The van der Waals surface area contributed by atoms with E-state index in [1.54, 1.807) is 6.07 Å². The van der Waals surface area contributed by atoms with Crippen molar-refractivity contribution in [2.45, 2.75) is 19.4 Å². The minimum Gasteiger partial charge on any atom is -0.364 e. The van der Waals surface area contributed by atoms with E-state index in [9.17, 15) is 0 Å². The molecule has 0 spiro atoms. The van der Waals surface area contributed by atoms with Crippen molar-refractivity contribution >= 4 is 23.2 Å². The van der Waals surface area contributed by atoms with Crippen LogP contribution in [0.4, 0.5) is 0 Å². The van der Waals surface area contributed by atoms with Crippen LogP contribution in [0.5, 0.6) is 0 Å². The molecule has 0 bridgehead atoms. The first-order valence-corrected chi connectivity index (χ1v) is 6.77. The van der Waals surface area contributed by atoms with Crippen LogP contribution in [0.15, 0.2) is 36.5 Å². The lowest BCUT2D eigenvalue weighted by Gasteiger charge is -2.17. The van der Waals surface area contributed by atoms with Crippen molar-refractivity contribution in [3.63, 3.8) is 0 Å². The highest BCUT2D eigenvalue weighted by atomic mass is 35.5. The van der Waals surface area contributed by atoms with E-state index in [4.69, 9.17) is 23.2 Å². The van der Waals surface area contributed by atoms with Gasteiger partial charge in [-0.15, -0.1) is 0 Å². The topological polar surface area (TPSA) is 27.8 Å². The summed E-state index contributed by atoms with van der Waals surface area (Å²) in [6, 6.07) is 9.97. The molecule has 0 amide bonds. The van der Waals surface area contributed by atoms with Gasteiger partial charge in [0.2, 0.25) is 0 Å². The Kier molecular flexibility index (Phi) is 4.70. The molecule has 2 N–H and O–H groups in total. The van der Waals surface area contributed by atoms with Crippen molar-refractivity contribution in [3.05, 3.63) is 57.8 Å². The van der Waals surface area contributed by atoms with Crippen molar-refractivity contribution in [2.75, 3.05) is 6.54 Å². The van der Waals surface area contributed by atoms with E-state index in [0.717, 1.165) is 23.6 Å². The highest BCUT2D eigenvalue weighted by Crippen LogP contribution is 2.25. The molecule has 0 aliphatic carbocycles. The number of rotatable bonds is 5. The number of likely N-dealkylation sites (N-methyl/N-ethyl adjacent to an activating group) is 1.